The van der Waals surface area contributed by atoms with Crippen molar-refractivity contribution in [2.24, 2.45) is 10.9 Å². The highest BCUT2D eigenvalue weighted by Crippen LogP contribution is 2.40. The van der Waals surface area contributed by atoms with E-state index in [2.05, 4.69) is 20.4 Å². The van der Waals surface area contributed by atoms with E-state index < -0.39 is 46.5 Å². The van der Waals surface area contributed by atoms with Crippen LogP contribution in [0.3, 0.4) is 0 Å². The molecule has 17 nitrogen and oxygen atoms in total. The molecule has 7 N–H and O–H groups in total. The molecular formula is C29H28N10O7S3. The lowest BCUT2D eigenvalue weighted by atomic mass is 10.0. The highest BCUT2D eigenvalue weighted by atomic mass is 32.2. The number of amides is 2. The lowest BCUT2D eigenvalue weighted by molar-refractivity contribution is -0.687. The smallest absolute Gasteiger partial charge is 0.350 e. The van der Waals surface area contributed by atoms with Crippen molar-refractivity contribution in [1.29, 1.82) is 5.41 Å². The van der Waals surface area contributed by atoms with E-state index in [1.165, 1.54) is 42.3 Å². The SMILES string of the molecule is CC(C)(O/N=C(\C(=O)N[C@@H]1C(=O)N2C(C(=O)[O-])=C(C[n+]3ccc4ccn(Cc5nc(C(=N)N)cs5)c4c3)CS[C@H]12)c1csc(N)n1)C(=O)O. The number of rotatable bonds is 12. The van der Waals surface area contributed by atoms with Crippen LogP contribution >= 0.6 is 34.4 Å². The Balaban J connectivity index is 1.21. The molecule has 0 spiro atoms. The average molecular weight is 725 g/mol. The van der Waals surface area contributed by atoms with Gasteiger partial charge in [0, 0.05) is 39.7 Å². The van der Waals surface area contributed by atoms with Crippen LogP contribution in [0.4, 0.5) is 5.13 Å². The van der Waals surface area contributed by atoms with Crippen molar-refractivity contribution in [3.05, 3.63) is 69.1 Å². The Hall–Kier alpha value is -5.34. The number of pyridine rings is 1. The first-order valence-electron chi connectivity index (χ1n) is 14.4. The number of hydrogen-bond donors (Lipinski definition) is 5. The van der Waals surface area contributed by atoms with Gasteiger partial charge in [-0.2, -0.15) is 4.57 Å². The summed E-state index contributed by atoms with van der Waals surface area (Å²) in [5.41, 5.74) is 10.5. The lowest BCUT2D eigenvalue weighted by Crippen LogP contribution is -2.71. The molecule has 0 saturated carbocycles. The summed E-state index contributed by atoms with van der Waals surface area (Å²) >= 11 is 3.67. The fourth-order valence-corrected chi connectivity index (χ4v) is 7.75. The number of hydrogen-bond acceptors (Lipinski definition) is 14. The summed E-state index contributed by atoms with van der Waals surface area (Å²) in [5.74, 6) is -4.31. The van der Waals surface area contributed by atoms with Gasteiger partial charge >= 0.3 is 5.97 Å². The third kappa shape index (κ3) is 6.56. The van der Waals surface area contributed by atoms with E-state index in [0.29, 0.717) is 17.8 Å². The topological polar surface area (TPSA) is 259 Å². The van der Waals surface area contributed by atoms with E-state index in [1.54, 1.807) is 11.6 Å². The van der Waals surface area contributed by atoms with Gasteiger partial charge in [-0.05, 0) is 19.9 Å². The van der Waals surface area contributed by atoms with Gasteiger partial charge in [-0.3, -0.25) is 19.9 Å². The molecule has 2 amide bonds. The number of β-lactam (4-membered cyclic amide) rings is 1. The Morgan fingerprint density at radius 2 is 2.00 bits per heavy atom. The number of carbonyl (C=O) groups is 4. The van der Waals surface area contributed by atoms with Gasteiger partial charge in [0.2, 0.25) is 5.60 Å². The summed E-state index contributed by atoms with van der Waals surface area (Å²) in [6.07, 6.45) is 5.58. The molecule has 254 valence electrons. The highest BCUT2D eigenvalue weighted by Gasteiger charge is 2.53. The number of carboxylic acid groups (broad SMARTS) is 2. The van der Waals surface area contributed by atoms with Gasteiger partial charge in [-0.1, -0.05) is 5.16 Å². The molecule has 6 heterocycles. The highest BCUT2D eigenvalue weighted by molar-refractivity contribution is 8.00. The fourth-order valence-electron chi connectivity index (χ4n) is 5.08. The molecule has 0 aliphatic carbocycles. The number of nitrogens with zero attached hydrogens (tertiary/aromatic N) is 6. The number of aliphatic carboxylic acids is 2. The molecule has 2 atom stereocenters. The number of fused-ring (bicyclic) bond motifs is 2. The maximum absolute atomic E-state index is 13.4. The van der Waals surface area contributed by atoms with Crippen molar-refractivity contribution in [1.82, 2.24) is 24.8 Å². The van der Waals surface area contributed by atoms with Gasteiger partial charge in [0.25, 0.3) is 11.8 Å². The number of nitrogens with two attached hydrogens (primary N) is 2. The largest absolute Gasteiger partial charge is 0.543 e. The number of carbonyl (C=O) groups excluding carboxylic acids is 3. The van der Waals surface area contributed by atoms with Crippen LogP contribution < -0.4 is 26.5 Å². The number of amidine groups is 1. The van der Waals surface area contributed by atoms with E-state index >= 15 is 0 Å². The standard InChI is InChI=1S/C29H28N10O7S3/c1-29(2,27(44)45)46-36-19(15-11-49-28(32)34-15)23(40)35-20-24(41)39-21(26(42)43)14(10-48-25(20)39)7-37-5-3-13-4-6-38(17(13)8-37)9-18-33-16(12-47-18)22(30)31/h3-6,8,11-12,20,25H,7,9-10H2,1-2H3,(H7-,30,31,32,34,35,40,42,43,44,45)/b36-19-/t20-,25-/m1/s1. The van der Waals surface area contributed by atoms with E-state index in [1.807, 2.05) is 33.7 Å². The number of thiazole rings is 2. The molecule has 0 radical (unpaired) electrons. The van der Waals surface area contributed by atoms with Crippen molar-refractivity contribution in [3.8, 4) is 0 Å². The Bertz CT molecular complexity index is 2100. The van der Waals surface area contributed by atoms with Crippen LogP contribution in [-0.2, 0) is 37.1 Å². The normalized spacial score (nSPS) is 17.9. The number of aromatic nitrogens is 4. The van der Waals surface area contributed by atoms with E-state index in [0.717, 1.165) is 32.1 Å². The predicted octanol–water partition coefficient (Wildman–Crippen LogP) is -0.556. The number of carboxylic acids is 2. The number of oxime groups is 1. The van der Waals surface area contributed by atoms with Crippen LogP contribution in [0.2, 0.25) is 0 Å². The minimum Gasteiger partial charge on any atom is -0.543 e. The van der Waals surface area contributed by atoms with Crippen LogP contribution in [0.15, 0.2) is 57.9 Å². The Kier molecular flexibility index (Phi) is 8.86. The summed E-state index contributed by atoms with van der Waals surface area (Å²) < 4.78 is 3.79. The zero-order chi connectivity index (χ0) is 35.2. The molecule has 0 bridgehead atoms. The first-order valence-corrected chi connectivity index (χ1v) is 17.2. The summed E-state index contributed by atoms with van der Waals surface area (Å²) in [5, 5.41) is 39.9. The second-order valence-electron chi connectivity index (χ2n) is 11.5. The molecule has 0 aromatic carbocycles. The molecule has 0 unspecified atom stereocenters. The van der Waals surface area contributed by atoms with Crippen LogP contribution in [0, 0.1) is 5.41 Å². The molecule has 6 rings (SSSR count). The molecular weight excluding hydrogens is 697 g/mol. The summed E-state index contributed by atoms with van der Waals surface area (Å²) in [6.45, 7) is 3.07. The maximum Gasteiger partial charge on any atom is 0.350 e. The first-order chi connectivity index (χ1) is 23.2. The Morgan fingerprint density at radius 3 is 2.65 bits per heavy atom. The van der Waals surface area contributed by atoms with Gasteiger partial charge < -0.3 is 41.2 Å². The monoisotopic (exact) mass is 724 g/mol. The quantitative estimate of drug-likeness (QED) is 0.0405. The number of thioether (sulfide) groups is 1. The third-order valence-electron chi connectivity index (χ3n) is 7.67. The molecule has 4 aromatic heterocycles. The molecule has 1 saturated heterocycles. The van der Waals surface area contributed by atoms with Crippen molar-refractivity contribution in [3.63, 3.8) is 0 Å². The number of nitrogens with one attached hydrogen (secondary N) is 2. The summed E-state index contributed by atoms with van der Waals surface area (Å²) in [4.78, 5) is 65.3. The third-order valence-corrected chi connectivity index (χ3v) is 10.5. The van der Waals surface area contributed by atoms with Crippen LogP contribution in [-0.4, -0.2) is 82.6 Å². The van der Waals surface area contributed by atoms with Crippen molar-refractivity contribution in [2.45, 2.75) is 44.0 Å². The molecule has 2 aliphatic heterocycles. The lowest BCUT2D eigenvalue weighted by Gasteiger charge is -2.50. The fraction of sp³-hybridized carbons (Fsp3) is 0.276. The molecule has 4 aromatic rings. The first kappa shape index (κ1) is 33.6. The summed E-state index contributed by atoms with van der Waals surface area (Å²) in [7, 11) is 0. The van der Waals surface area contributed by atoms with Crippen molar-refractivity contribution < 1.29 is 38.8 Å². The van der Waals surface area contributed by atoms with Crippen LogP contribution in [0.25, 0.3) is 10.9 Å². The molecule has 20 heteroatoms. The summed E-state index contributed by atoms with van der Waals surface area (Å²) in [6, 6.07) is 2.71. The van der Waals surface area contributed by atoms with E-state index in [9.17, 15) is 29.4 Å². The Labute approximate surface area is 289 Å². The zero-order valence-electron chi connectivity index (χ0n) is 25.8. The second kappa shape index (κ2) is 12.9. The van der Waals surface area contributed by atoms with Gasteiger partial charge in [-0.25, -0.2) is 14.8 Å². The number of nitrogen functional groups attached to an aromatic ring is 2. The van der Waals surface area contributed by atoms with Gasteiger partial charge in [0.1, 0.15) is 39.2 Å². The number of anilines is 1. The van der Waals surface area contributed by atoms with Gasteiger partial charge in [0.15, 0.2) is 29.8 Å². The zero-order valence-corrected chi connectivity index (χ0v) is 28.2. The molecule has 2 aliphatic rings. The maximum atomic E-state index is 13.4. The predicted molar refractivity (Wildman–Crippen MR) is 177 cm³/mol. The second-order valence-corrected chi connectivity index (χ2v) is 14.4. The Morgan fingerprint density at radius 1 is 1.24 bits per heavy atom. The molecule has 49 heavy (non-hydrogen) atoms. The van der Waals surface area contributed by atoms with Crippen LogP contribution in [0.5, 0.6) is 0 Å². The van der Waals surface area contributed by atoms with Crippen molar-refractivity contribution in [2.75, 3.05) is 11.5 Å². The minimum atomic E-state index is -1.78. The van der Waals surface area contributed by atoms with Crippen molar-refractivity contribution >= 4 is 85.8 Å². The van der Waals surface area contributed by atoms with Crippen LogP contribution in [0.1, 0.15) is 30.2 Å². The minimum absolute atomic E-state index is 0.00585. The van der Waals surface area contributed by atoms with Gasteiger partial charge in [-0.15, -0.1) is 34.4 Å². The van der Waals surface area contributed by atoms with Gasteiger partial charge in [0.05, 0.1) is 18.2 Å². The van der Waals surface area contributed by atoms with E-state index in [4.69, 9.17) is 21.7 Å². The molecule has 1 fully saturated rings. The average Bonchev–Trinajstić information content (AvgIpc) is 3.80. The van der Waals surface area contributed by atoms with E-state index in [-0.39, 0.29) is 34.7 Å².